The summed E-state index contributed by atoms with van der Waals surface area (Å²) in [5, 5.41) is 1.81. The zero-order chi connectivity index (χ0) is 16.3. The van der Waals surface area contributed by atoms with Gasteiger partial charge in [0.1, 0.15) is 0 Å². The molecule has 122 valence electrons. The third-order valence-corrected chi connectivity index (χ3v) is 7.09. The van der Waals surface area contributed by atoms with E-state index >= 15 is 0 Å². The first-order chi connectivity index (χ1) is 11.6. The van der Waals surface area contributed by atoms with Crippen molar-refractivity contribution in [2.75, 3.05) is 0 Å². The number of carbonyl (C=O) groups is 4. The number of allylic oxidation sites excluding steroid dienone is 4. The Bertz CT molecular complexity index is 673. The third-order valence-electron chi connectivity index (χ3n) is 7.09. The molecule has 4 aliphatic carbocycles. The van der Waals surface area contributed by atoms with Crippen molar-refractivity contribution in [3.63, 3.8) is 0 Å². The highest BCUT2D eigenvalue weighted by molar-refractivity contribution is 6.14. The van der Waals surface area contributed by atoms with Crippen LogP contribution in [0.1, 0.15) is 12.8 Å². The van der Waals surface area contributed by atoms with E-state index in [0.717, 1.165) is 22.9 Å². The molecule has 6 heteroatoms. The molecule has 2 saturated carbocycles. The molecule has 6 aliphatic rings. The van der Waals surface area contributed by atoms with Crippen molar-refractivity contribution >= 4 is 23.6 Å². The number of rotatable bonds is 1. The largest absolute Gasteiger partial charge is 0.272 e. The molecule has 0 aromatic rings. The van der Waals surface area contributed by atoms with Gasteiger partial charge >= 0.3 is 0 Å². The van der Waals surface area contributed by atoms with E-state index in [4.69, 9.17) is 0 Å². The van der Waals surface area contributed by atoms with Gasteiger partial charge in [-0.2, -0.15) is 10.0 Å². The second kappa shape index (κ2) is 3.87. The molecule has 4 fully saturated rings. The molecule has 4 bridgehead atoms. The van der Waals surface area contributed by atoms with Crippen LogP contribution < -0.4 is 0 Å². The standard InChI is InChI=1S/C18H16N2O4/c21-15-11-7-1-2-8(5-7)12(11)16(22)19(15)20-17(23)13-9-3-4-10(6-9)14(13)18(20)24/h1-4,7-14H,5-6H2/t7-,8-,9-,10-,11+,12+,13+,14+/m0/s1. The number of carbonyl (C=O) groups excluding carboxylic acids is 4. The van der Waals surface area contributed by atoms with Gasteiger partial charge in [-0.05, 0) is 36.5 Å². The molecule has 2 saturated heterocycles. The Labute approximate surface area is 138 Å². The van der Waals surface area contributed by atoms with Crippen molar-refractivity contribution in [1.82, 2.24) is 10.0 Å². The van der Waals surface area contributed by atoms with E-state index in [1.807, 2.05) is 24.3 Å². The van der Waals surface area contributed by atoms with Gasteiger partial charge in [0.2, 0.25) is 0 Å². The SMILES string of the molecule is O=C1[C@H]2[C@H](C(=O)N1N1C(=O)[C@H]3[C@H](C1=O)[C@H]1C=C[C@H]3C1)[C@H]1C=C[C@H]2C1. The van der Waals surface area contributed by atoms with Crippen LogP contribution in [-0.2, 0) is 19.2 Å². The predicted octanol–water partition coefficient (Wildman–Crippen LogP) is 0.516. The molecule has 8 atom stereocenters. The molecule has 24 heavy (non-hydrogen) atoms. The fourth-order valence-electron chi connectivity index (χ4n) is 6.17. The zero-order valence-corrected chi connectivity index (χ0v) is 12.9. The second-order valence-corrected chi connectivity index (χ2v) is 7.98. The first-order valence-corrected chi connectivity index (χ1v) is 8.70. The number of nitrogens with zero attached hydrogens (tertiary/aromatic N) is 2. The normalized spacial score (nSPS) is 50.0. The summed E-state index contributed by atoms with van der Waals surface area (Å²) in [5.41, 5.74) is 0. The van der Waals surface area contributed by atoms with Crippen LogP contribution in [0.3, 0.4) is 0 Å². The summed E-state index contributed by atoms with van der Waals surface area (Å²) in [6, 6.07) is 0. The third kappa shape index (κ3) is 1.21. The van der Waals surface area contributed by atoms with E-state index in [2.05, 4.69) is 0 Å². The fourth-order valence-corrected chi connectivity index (χ4v) is 6.17. The summed E-state index contributed by atoms with van der Waals surface area (Å²) in [6.45, 7) is 0. The molecule has 0 radical (unpaired) electrons. The maximum atomic E-state index is 12.9. The first-order valence-electron chi connectivity index (χ1n) is 8.70. The van der Waals surface area contributed by atoms with Crippen molar-refractivity contribution in [3.05, 3.63) is 24.3 Å². The Morgan fingerprint density at radius 2 is 0.792 bits per heavy atom. The molecule has 0 aromatic carbocycles. The topological polar surface area (TPSA) is 74.8 Å². The lowest BCUT2D eigenvalue weighted by Gasteiger charge is -2.26. The maximum absolute atomic E-state index is 12.9. The predicted molar refractivity (Wildman–Crippen MR) is 79.1 cm³/mol. The summed E-state index contributed by atoms with van der Waals surface area (Å²) in [6.07, 6.45) is 9.70. The summed E-state index contributed by atoms with van der Waals surface area (Å²) < 4.78 is 0. The molecular formula is C18H16N2O4. The molecule has 0 N–H and O–H groups in total. The minimum atomic E-state index is -0.386. The van der Waals surface area contributed by atoms with Crippen molar-refractivity contribution in [2.45, 2.75) is 12.8 Å². The number of amides is 4. The number of hydrogen-bond donors (Lipinski definition) is 0. The van der Waals surface area contributed by atoms with E-state index < -0.39 is 0 Å². The van der Waals surface area contributed by atoms with Gasteiger partial charge < -0.3 is 0 Å². The van der Waals surface area contributed by atoms with Crippen LogP contribution in [0.2, 0.25) is 0 Å². The van der Waals surface area contributed by atoms with Gasteiger partial charge in [-0.1, -0.05) is 24.3 Å². The molecule has 0 unspecified atom stereocenters. The number of fused-ring (bicyclic) bond motifs is 10. The van der Waals surface area contributed by atoms with Gasteiger partial charge in [-0.25, -0.2) is 0 Å². The number of hydrazine groups is 1. The monoisotopic (exact) mass is 324 g/mol. The molecule has 6 rings (SSSR count). The highest BCUT2D eigenvalue weighted by Crippen LogP contribution is 2.56. The van der Waals surface area contributed by atoms with Crippen molar-refractivity contribution in [1.29, 1.82) is 0 Å². The summed E-state index contributed by atoms with van der Waals surface area (Å²) in [4.78, 5) is 51.5. The molecular weight excluding hydrogens is 308 g/mol. The van der Waals surface area contributed by atoms with Crippen LogP contribution in [0.5, 0.6) is 0 Å². The Kier molecular flexibility index (Phi) is 2.11. The smallest absolute Gasteiger partial charge is 0.253 e. The number of imide groups is 2. The average molecular weight is 324 g/mol. The fraction of sp³-hybridized carbons (Fsp3) is 0.556. The van der Waals surface area contributed by atoms with E-state index in [1.165, 1.54) is 0 Å². The molecule has 2 heterocycles. The highest BCUT2D eigenvalue weighted by atomic mass is 16.2. The average Bonchev–Trinajstić information content (AvgIpc) is 3.36. The van der Waals surface area contributed by atoms with E-state index in [0.29, 0.717) is 0 Å². The lowest BCUT2D eigenvalue weighted by atomic mass is 9.85. The van der Waals surface area contributed by atoms with Gasteiger partial charge in [0.05, 0.1) is 23.7 Å². The van der Waals surface area contributed by atoms with Crippen LogP contribution in [0.4, 0.5) is 0 Å². The minimum absolute atomic E-state index is 0.0756. The van der Waals surface area contributed by atoms with Crippen LogP contribution in [0.25, 0.3) is 0 Å². The summed E-state index contributed by atoms with van der Waals surface area (Å²) >= 11 is 0. The molecule has 2 aliphatic heterocycles. The van der Waals surface area contributed by atoms with Crippen LogP contribution >= 0.6 is 0 Å². The van der Waals surface area contributed by atoms with E-state index in [9.17, 15) is 19.2 Å². The molecule has 4 amide bonds. The second-order valence-electron chi connectivity index (χ2n) is 7.98. The Hall–Kier alpha value is -2.24. The van der Waals surface area contributed by atoms with Gasteiger partial charge in [0.25, 0.3) is 23.6 Å². The highest BCUT2D eigenvalue weighted by Gasteiger charge is 2.66. The van der Waals surface area contributed by atoms with Gasteiger partial charge in [0, 0.05) is 0 Å². The molecule has 0 aromatic heterocycles. The van der Waals surface area contributed by atoms with Crippen LogP contribution in [0.15, 0.2) is 24.3 Å². The van der Waals surface area contributed by atoms with Crippen molar-refractivity contribution < 1.29 is 19.2 Å². The van der Waals surface area contributed by atoms with Crippen LogP contribution in [0, 0.1) is 47.3 Å². The Morgan fingerprint density at radius 1 is 0.542 bits per heavy atom. The van der Waals surface area contributed by atoms with Crippen LogP contribution in [-0.4, -0.2) is 33.6 Å². The van der Waals surface area contributed by atoms with Gasteiger partial charge in [-0.3, -0.25) is 19.2 Å². The van der Waals surface area contributed by atoms with Gasteiger partial charge in [0.15, 0.2) is 0 Å². The van der Waals surface area contributed by atoms with Crippen molar-refractivity contribution in [2.24, 2.45) is 47.3 Å². The molecule has 6 nitrogen and oxygen atoms in total. The molecule has 0 spiro atoms. The van der Waals surface area contributed by atoms with Crippen molar-refractivity contribution in [3.8, 4) is 0 Å². The van der Waals surface area contributed by atoms with Gasteiger partial charge in [-0.15, -0.1) is 0 Å². The van der Waals surface area contributed by atoms with E-state index in [-0.39, 0.29) is 71.0 Å². The number of hydrogen-bond acceptors (Lipinski definition) is 4. The first kappa shape index (κ1) is 13.1. The quantitative estimate of drug-likeness (QED) is 0.520. The zero-order valence-electron chi connectivity index (χ0n) is 12.9. The lowest BCUT2D eigenvalue weighted by Crippen LogP contribution is -2.51. The minimum Gasteiger partial charge on any atom is -0.272 e. The summed E-state index contributed by atoms with van der Waals surface area (Å²) in [5.74, 6) is -2.67. The maximum Gasteiger partial charge on any atom is 0.253 e. The Morgan fingerprint density at radius 3 is 1.04 bits per heavy atom. The lowest BCUT2D eigenvalue weighted by molar-refractivity contribution is -0.174. The van der Waals surface area contributed by atoms with E-state index in [1.54, 1.807) is 0 Å². The Balaban J connectivity index is 1.39. The summed E-state index contributed by atoms with van der Waals surface area (Å²) in [7, 11) is 0.